The molecule has 0 aliphatic carbocycles. The zero-order chi connectivity index (χ0) is 13.0. The van der Waals surface area contributed by atoms with Crippen molar-refractivity contribution in [2.45, 2.75) is 25.8 Å². The third-order valence-electron chi connectivity index (χ3n) is 3.31. The Morgan fingerprint density at radius 2 is 2.28 bits per heavy atom. The molecule has 2 N–H and O–H groups in total. The number of anilines is 1. The minimum absolute atomic E-state index is 0.286. The quantitative estimate of drug-likeness (QED) is 0.829. The van der Waals surface area contributed by atoms with E-state index in [-0.39, 0.29) is 6.79 Å². The van der Waals surface area contributed by atoms with Gasteiger partial charge in [-0.2, -0.15) is 0 Å². The van der Waals surface area contributed by atoms with Crippen LogP contribution in [-0.2, 0) is 4.74 Å². The lowest BCUT2D eigenvalue weighted by molar-refractivity contribution is 0.0506. The first-order valence-electron chi connectivity index (χ1n) is 6.43. The van der Waals surface area contributed by atoms with E-state index >= 15 is 0 Å². The minimum Gasteiger partial charge on any atom is -0.467 e. The van der Waals surface area contributed by atoms with E-state index in [9.17, 15) is 0 Å². The number of methoxy groups -OCH3 is 1. The number of hydrogen-bond donors (Lipinski definition) is 1. The highest BCUT2D eigenvalue weighted by atomic mass is 16.7. The summed E-state index contributed by atoms with van der Waals surface area (Å²) in [6.45, 7) is 4.37. The van der Waals surface area contributed by atoms with E-state index in [1.165, 1.54) is 12.1 Å². The van der Waals surface area contributed by atoms with Gasteiger partial charge in [0.1, 0.15) is 5.75 Å². The van der Waals surface area contributed by atoms with Crippen LogP contribution in [0.4, 0.5) is 5.69 Å². The first kappa shape index (κ1) is 13.2. The number of nitrogens with two attached hydrogens (primary N) is 1. The van der Waals surface area contributed by atoms with Gasteiger partial charge in [-0.1, -0.05) is 0 Å². The van der Waals surface area contributed by atoms with E-state index in [0.717, 1.165) is 30.8 Å². The highest BCUT2D eigenvalue weighted by Gasteiger charge is 2.17. The Bertz CT molecular complexity index is 395. The maximum Gasteiger partial charge on any atom is 0.188 e. The second-order valence-electron chi connectivity index (χ2n) is 4.85. The molecule has 2 rings (SSSR count). The van der Waals surface area contributed by atoms with Crippen LogP contribution in [0.15, 0.2) is 18.2 Å². The van der Waals surface area contributed by atoms with E-state index in [1.807, 2.05) is 6.07 Å². The van der Waals surface area contributed by atoms with Crippen molar-refractivity contribution in [3.8, 4) is 5.75 Å². The summed E-state index contributed by atoms with van der Waals surface area (Å²) < 4.78 is 10.4. The molecule has 0 bridgehead atoms. The fraction of sp³-hybridized carbons (Fsp3) is 0.571. The minimum atomic E-state index is 0.286. The van der Waals surface area contributed by atoms with Crippen molar-refractivity contribution in [3.05, 3.63) is 23.8 Å². The second kappa shape index (κ2) is 6.07. The van der Waals surface area contributed by atoms with Crippen LogP contribution in [0.25, 0.3) is 0 Å². The predicted molar refractivity (Wildman–Crippen MR) is 73.1 cm³/mol. The number of nitrogens with zero attached hydrogens (tertiary/aromatic N) is 1. The number of hydrogen-bond acceptors (Lipinski definition) is 4. The van der Waals surface area contributed by atoms with Crippen molar-refractivity contribution in [1.82, 2.24) is 0 Å². The maximum absolute atomic E-state index is 6.01. The monoisotopic (exact) mass is 250 g/mol. The molecular weight excluding hydrogens is 228 g/mol. The Morgan fingerprint density at radius 3 is 2.94 bits per heavy atom. The van der Waals surface area contributed by atoms with Gasteiger partial charge in [-0.3, -0.25) is 0 Å². The molecule has 0 radical (unpaired) electrons. The Hall–Kier alpha value is -1.26. The lowest BCUT2D eigenvalue weighted by atomic mass is 10.1. The van der Waals surface area contributed by atoms with E-state index in [2.05, 4.69) is 24.0 Å². The van der Waals surface area contributed by atoms with Gasteiger partial charge in [0.05, 0.1) is 0 Å². The fourth-order valence-corrected chi connectivity index (χ4v) is 2.36. The molecule has 1 aliphatic heterocycles. The molecule has 1 aromatic carbocycles. The van der Waals surface area contributed by atoms with Crippen molar-refractivity contribution in [1.29, 1.82) is 0 Å². The summed E-state index contributed by atoms with van der Waals surface area (Å²) in [7, 11) is 1.62. The average Bonchev–Trinajstić information content (AvgIpc) is 2.37. The fourth-order valence-electron chi connectivity index (χ4n) is 2.36. The highest BCUT2D eigenvalue weighted by molar-refractivity contribution is 5.53. The summed E-state index contributed by atoms with van der Waals surface area (Å²) in [4.78, 5) is 2.35. The van der Waals surface area contributed by atoms with Crippen molar-refractivity contribution in [3.63, 3.8) is 0 Å². The van der Waals surface area contributed by atoms with E-state index in [1.54, 1.807) is 7.11 Å². The van der Waals surface area contributed by atoms with Crippen LogP contribution in [0.5, 0.6) is 5.75 Å². The molecule has 0 amide bonds. The van der Waals surface area contributed by atoms with Gasteiger partial charge < -0.3 is 20.1 Å². The van der Waals surface area contributed by atoms with Crippen LogP contribution in [0.2, 0.25) is 0 Å². The molecule has 1 unspecified atom stereocenters. The summed E-state index contributed by atoms with van der Waals surface area (Å²) in [5.41, 5.74) is 8.37. The summed E-state index contributed by atoms with van der Waals surface area (Å²) in [6.07, 6.45) is 2.30. The van der Waals surface area contributed by atoms with Crippen molar-refractivity contribution < 1.29 is 9.47 Å². The molecule has 0 aromatic heterocycles. The molecule has 100 valence electrons. The SMILES string of the molecule is COCOc1ccc(N2CCCC(N)C2)cc1C. The largest absolute Gasteiger partial charge is 0.467 e. The third-order valence-corrected chi connectivity index (χ3v) is 3.31. The van der Waals surface area contributed by atoms with Gasteiger partial charge in [0.2, 0.25) is 0 Å². The number of benzene rings is 1. The number of rotatable bonds is 4. The van der Waals surface area contributed by atoms with Crippen LogP contribution >= 0.6 is 0 Å². The lowest BCUT2D eigenvalue weighted by Crippen LogP contribution is -2.42. The lowest BCUT2D eigenvalue weighted by Gasteiger charge is -2.33. The molecule has 1 saturated heterocycles. The molecule has 18 heavy (non-hydrogen) atoms. The topological polar surface area (TPSA) is 47.7 Å². The second-order valence-corrected chi connectivity index (χ2v) is 4.85. The van der Waals surface area contributed by atoms with Gasteiger partial charge in [0.15, 0.2) is 6.79 Å². The van der Waals surface area contributed by atoms with Crippen LogP contribution in [0.3, 0.4) is 0 Å². The first-order valence-corrected chi connectivity index (χ1v) is 6.43. The molecule has 1 aromatic rings. The Morgan fingerprint density at radius 1 is 1.44 bits per heavy atom. The van der Waals surface area contributed by atoms with Crippen LogP contribution in [0, 0.1) is 6.92 Å². The number of piperidine rings is 1. The van der Waals surface area contributed by atoms with Gasteiger partial charge in [0.25, 0.3) is 0 Å². The molecule has 1 fully saturated rings. The van der Waals surface area contributed by atoms with Gasteiger partial charge in [-0.25, -0.2) is 0 Å². The molecule has 0 spiro atoms. The molecule has 1 heterocycles. The van der Waals surface area contributed by atoms with Crippen LogP contribution in [-0.4, -0.2) is 33.0 Å². The average molecular weight is 250 g/mol. The Kier molecular flexibility index (Phi) is 4.44. The van der Waals surface area contributed by atoms with Crippen LogP contribution < -0.4 is 15.4 Å². The molecule has 1 atom stereocenters. The summed E-state index contributed by atoms with van der Waals surface area (Å²) >= 11 is 0. The molecule has 4 heteroatoms. The smallest absolute Gasteiger partial charge is 0.188 e. The summed E-state index contributed by atoms with van der Waals surface area (Å²) in [6, 6.07) is 6.55. The first-order chi connectivity index (χ1) is 8.70. The predicted octanol–water partition coefficient (Wildman–Crippen LogP) is 1.91. The summed E-state index contributed by atoms with van der Waals surface area (Å²) in [5.74, 6) is 0.877. The Balaban J connectivity index is 2.07. The van der Waals surface area contributed by atoms with E-state index in [0.29, 0.717) is 6.04 Å². The normalized spacial score (nSPS) is 19.9. The van der Waals surface area contributed by atoms with Gasteiger partial charge in [0, 0.05) is 31.9 Å². The van der Waals surface area contributed by atoms with Gasteiger partial charge in [-0.05, 0) is 43.5 Å². The number of ether oxygens (including phenoxy) is 2. The van der Waals surface area contributed by atoms with Gasteiger partial charge in [-0.15, -0.1) is 0 Å². The van der Waals surface area contributed by atoms with Crippen LogP contribution in [0.1, 0.15) is 18.4 Å². The third kappa shape index (κ3) is 3.15. The van der Waals surface area contributed by atoms with Crippen molar-refractivity contribution in [2.75, 3.05) is 31.9 Å². The molecule has 0 saturated carbocycles. The Labute approximate surface area is 109 Å². The maximum atomic E-state index is 6.01. The van der Waals surface area contributed by atoms with E-state index < -0.39 is 0 Å². The molecule has 1 aliphatic rings. The van der Waals surface area contributed by atoms with Crippen molar-refractivity contribution in [2.24, 2.45) is 5.73 Å². The zero-order valence-electron chi connectivity index (χ0n) is 11.2. The van der Waals surface area contributed by atoms with E-state index in [4.69, 9.17) is 15.2 Å². The molecular formula is C14H22N2O2. The summed E-state index contributed by atoms with van der Waals surface area (Å²) in [5, 5.41) is 0. The standard InChI is InChI=1S/C14H22N2O2/c1-11-8-13(5-6-14(11)18-10-17-2)16-7-3-4-12(15)9-16/h5-6,8,12H,3-4,7,9-10,15H2,1-2H3. The van der Waals surface area contributed by atoms with Crippen molar-refractivity contribution >= 4 is 5.69 Å². The van der Waals surface area contributed by atoms with Gasteiger partial charge >= 0.3 is 0 Å². The molecule has 4 nitrogen and oxygen atoms in total. The highest BCUT2D eigenvalue weighted by Crippen LogP contribution is 2.26. The zero-order valence-corrected chi connectivity index (χ0v) is 11.2. The number of aryl methyl sites for hydroxylation is 1.